The molecule has 0 aromatic carbocycles. The number of aliphatic carboxylic acids is 1. The summed E-state index contributed by atoms with van der Waals surface area (Å²) >= 11 is 1.56. The minimum absolute atomic E-state index is 0.241. The molecule has 1 aliphatic rings. The molecule has 3 rings (SSSR count). The highest BCUT2D eigenvalue weighted by Gasteiger charge is 2.35. The topological polar surface area (TPSA) is 66.3 Å². The Labute approximate surface area is 112 Å². The fourth-order valence-corrected chi connectivity index (χ4v) is 3.16. The zero-order valence-corrected chi connectivity index (χ0v) is 10.6. The molecule has 2 aromatic heterocycles. The predicted octanol–water partition coefficient (Wildman–Crippen LogP) is 1.87. The third-order valence-electron chi connectivity index (χ3n) is 3.06. The molecule has 0 spiro atoms. The normalized spacial score (nSPS) is 18.2. The number of aromatic nitrogens is 2. The van der Waals surface area contributed by atoms with Crippen LogP contribution in [0.1, 0.15) is 16.5 Å². The van der Waals surface area contributed by atoms with E-state index >= 15 is 0 Å². The van der Waals surface area contributed by atoms with Crippen molar-refractivity contribution in [2.45, 2.75) is 12.5 Å². The van der Waals surface area contributed by atoms with E-state index in [4.69, 9.17) is 0 Å². The Bertz CT molecular complexity index is 614. The van der Waals surface area contributed by atoms with Gasteiger partial charge in [-0.3, -0.25) is 0 Å². The number of hydrogen-bond donors (Lipinski definition) is 1. The summed E-state index contributed by atoms with van der Waals surface area (Å²) in [5.41, 5.74) is 0.775. The number of nitrogens with zero attached hydrogens (tertiary/aromatic N) is 3. The number of thiophene rings is 1. The summed E-state index contributed by atoms with van der Waals surface area (Å²) < 4.78 is 12.8. The lowest BCUT2D eigenvalue weighted by molar-refractivity contribution is -0.138. The van der Waals surface area contributed by atoms with Gasteiger partial charge in [0, 0.05) is 11.4 Å². The van der Waals surface area contributed by atoms with Crippen molar-refractivity contribution in [1.29, 1.82) is 0 Å². The number of halogens is 1. The fraction of sp³-hybridized carbons (Fsp3) is 0.250. The van der Waals surface area contributed by atoms with Gasteiger partial charge in [-0.2, -0.15) is 0 Å². The molecule has 0 aliphatic carbocycles. The molecule has 0 amide bonds. The van der Waals surface area contributed by atoms with Gasteiger partial charge >= 0.3 is 5.97 Å². The van der Waals surface area contributed by atoms with Crippen LogP contribution in [-0.4, -0.2) is 27.6 Å². The largest absolute Gasteiger partial charge is 0.479 e. The van der Waals surface area contributed by atoms with E-state index in [0.29, 0.717) is 6.54 Å². The average molecular weight is 279 g/mol. The van der Waals surface area contributed by atoms with Crippen LogP contribution >= 0.6 is 11.3 Å². The molecular formula is C12H10FN3O2S. The Balaban J connectivity index is 2.02. The minimum atomic E-state index is -0.952. The van der Waals surface area contributed by atoms with E-state index < -0.39 is 17.8 Å². The predicted molar refractivity (Wildman–Crippen MR) is 67.7 cm³/mol. The van der Waals surface area contributed by atoms with Crippen LogP contribution in [0.15, 0.2) is 23.8 Å². The van der Waals surface area contributed by atoms with Crippen LogP contribution in [-0.2, 0) is 11.2 Å². The van der Waals surface area contributed by atoms with E-state index in [1.54, 1.807) is 16.2 Å². The van der Waals surface area contributed by atoms with Crippen LogP contribution in [0.25, 0.3) is 0 Å². The van der Waals surface area contributed by atoms with Crippen molar-refractivity contribution >= 4 is 23.3 Å². The molecule has 5 nitrogen and oxygen atoms in total. The van der Waals surface area contributed by atoms with Crippen molar-refractivity contribution in [3.8, 4) is 0 Å². The van der Waals surface area contributed by atoms with Crippen LogP contribution in [0.2, 0.25) is 0 Å². The second-order valence-corrected chi connectivity index (χ2v) is 5.19. The van der Waals surface area contributed by atoms with Gasteiger partial charge in [0.2, 0.25) is 5.95 Å². The number of fused-ring (bicyclic) bond motifs is 1. The second kappa shape index (κ2) is 4.58. The SMILES string of the molecule is O=C(O)C1c2ccsc2CCN1c1ncc(F)cn1. The average Bonchev–Trinajstić information content (AvgIpc) is 2.86. The van der Waals surface area contributed by atoms with Gasteiger partial charge in [-0.25, -0.2) is 19.2 Å². The van der Waals surface area contributed by atoms with Gasteiger partial charge in [0.1, 0.15) is 0 Å². The molecule has 1 N–H and O–H groups in total. The molecule has 3 heterocycles. The molecule has 0 saturated heterocycles. The van der Waals surface area contributed by atoms with Crippen LogP contribution < -0.4 is 4.90 Å². The van der Waals surface area contributed by atoms with Crippen LogP contribution in [0, 0.1) is 5.82 Å². The molecular weight excluding hydrogens is 269 g/mol. The monoisotopic (exact) mass is 279 g/mol. The number of hydrogen-bond acceptors (Lipinski definition) is 5. The Morgan fingerprint density at radius 2 is 2.21 bits per heavy atom. The van der Waals surface area contributed by atoms with E-state index in [2.05, 4.69) is 9.97 Å². The molecule has 19 heavy (non-hydrogen) atoms. The first-order chi connectivity index (χ1) is 9.16. The number of rotatable bonds is 2. The number of carbonyl (C=O) groups is 1. The molecule has 0 bridgehead atoms. The summed E-state index contributed by atoms with van der Waals surface area (Å²) in [7, 11) is 0. The molecule has 0 saturated carbocycles. The first-order valence-corrected chi connectivity index (χ1v) is 6.58. The van der Waals surface area contributed by atoms with E-state index in [-0.39, 0.29) is 5.95 Å². The zero-order chi connectivity index (χ0) is 13.4. The quantitative estimate of drug-likeness (QED) is 0.909. The van der Waals surface area contributed by atoms with Gasteiger partial charge in [-0.05, 0) is 23.4 Å². The van der Waals surface area contributed by atoms with E-state index in [1.807, 2.05) is 11.4 Å². The smallest absolute Gasteiger partial charge is 0.331 e. The van der Waals surface area contributed by atoms with Crippen molar-refractivity contribution in [3.05, 3.63) is 40.1 Å². The van der Waals surface area contributed by atoms with E-state index in [0.717, 1.165) is 29.3 Å². The van der Waals surface area contributed by atoms with Crippen molar-refractivity contribution < 1.29 is 14.3 Å². The summed E-state index contributed by atoms with van der Waals surface area (Å²) in [5.74, 6) is -1.25. The Morgan fingerprint density at radius 3 is 2.89 bits per heavy atom. The van der Waals surface area contributed by atoms with Crippen molar-refractivity contribution in [2.75, 3.05) is 11.4 Å². The lowest BCUT2D eigenvalue weighted by Crippen LogP contribution is -2.40. The lowest BCUT2D eigenvalue weighted by atomic mass is 10.0. The molecule has 1 aliphatic heterocycles. The van der Waals surface area contributed by atoms with Crippen molar-refractivity contribution in [1.82, 2.24) is 9.97 Å². The van der Waals surface area contributed by atoms with Crippen LogP contribution in [0.3, 0.4) is 0 Å². The van der Waals surface area contributed by atoms with E-state index in [1.165, 1.54) is 0 Å². The van der Waals surface area contributed by atoms with Gasteiger partial charge in [0.25, 0.3) is 0 Å². The zero-order valence-electron chi connectivity index (χ0n) is 9.78. The lowest BCUT2D eigenvalue weighted by Gasteiger charge is -2.32. The second-order valence-electron chi connectivity index (χ2n) is 4.18. The maximum Gasteiger partial charge on any atom is 0.331 e. The van der Waals surface area contributed by atoms with Crippen molar-refractivity contribution in [3.63, 3.8) is 0 Å². The molecule has 0 fully saturated rings. The summed E-state index contributed by atoms with van der Waals surface area (Å²) in [6.07, 6.45) is 2.84. The maximum absolute atomic E-state index is 12.8. The van der Waals surface area contributed by atoms with Gasteiger partial charge in [-0.15, -0.1) is 11.3 Å². The number of anilines is 1. The van der Waals surface area contributed by atoms with Crippen LogP contribution in [0.5, 0.6) is 0 Å². The standard InChI is InChI=1S/C12H10FN3O2S/c13-7-5-14-12(15-6-7)16-3-1-9-8(2-4-19-9)10(16)11(17)18/h2,4-6,10H,1,3H2,(H,17,18). The maximum atomic E-state index is 12.8. The van der Waals surface area contributed by atoms with Gasteiger partial charge in [0.15, 0.2) is 11.9 Å². The fourth-order valence-electron chi connectivity index (χ4n) is 2.25. The Kier molecular flexibility index (Phi) is 2.90. The Hall–Kier alpha value is -2.02. The summed E-state index contributed by atoms with van der Waals surface area (Å²) in [6.45, 7) is 0.510. The molecule has 7 heteroatoms. The first-order valence-electron chi connectivity index (χ1n) is 5.70. The molecule has 1 atom stereocenters. The first kappa shape index (κ1) is 12.0. The summed E-state index contributed by atoms with van der Waals surface area (Å²) in [5, 5.41) is 11.3. The molecule has 98 valence electrons. The summed E-state index contributed by atoms with van der Waals surface area (Å²) in [4.78, 5) is 21.9. The van der Waals surface area contributed by atoms with Gasteiger partial charge in [0.05, 0.1) is 12.4 Å². The van der Waals surface area contributed by atoms with Crippen LogP contribution in [0.4, 0.5) is 10.3 Å². The third-order valence-corrected chi connectivity index (χ3v) is 4.06. The van der Waals surface area contributed by atoms with Gasteiger partial charge in [-0.1, -0.05) is 0 Å². The third kappa shape index (κ3) is 2.06. The minimum Gasteiger partial charge on any atom is -0.479 e. The highest BCUT2D eigenvalue weighted by atomic mass is 32.1. The van der Waals surface area contributed by atoms with Crippen molar-refractivity contribution in [2.24, 2.45) is 0 Å². The Morgan fingerprint density at radius 1 is 1.47 bits per heavy atom. The highest BCUT2D eigenvalue weighted by Crippen LogP contribution is 2.35. The molecule has 0 radical (unpaired) electrons. The summed E-state index contributed by atoms with van der Waals surface area (Å²) in [6, 6.07) is 1.01. The highest BCUT2D eigenvalue weighted by molar-refractivity contribution is 7.10. The van der Waals surface area contributed by atoms with Gasteiger partial charge < -0.3 is 10.0 Å². The van der Waals surface area contributed by atoms with E-state index in [9.17, 15) is 14.3 Å². The number of carboxylic acid groups (broad SMARTS) is 1. The molecule has 2 aromatic rings. The number of carboxylic acids is 1. The molecule has 1 unspecified atom stereocenters.